The van der Waals surface area contributed by atoms with Gasteiger partial charge in [0.15, 0.2) is 11.5 Å². The Morgan fingerprint density at radius 3 is 2.95 bits per heavy atom. The molecule has 2 aliphatic heterocycles. The number of benzene rings is 1. The number of hydrogen-bond donors (Lipinski definition) is 2. The standard InChI is InChI=1S/C14H21N3O2/c1-10-5-13-14(19-9-18-13)6-12(10)16-7-11-8-17(2)4-3-15-11/h5-6,11,15-16H,3-4,7-9H2,1-2H3. The van der Waals surface area contributed by atoms with E-state index in [1.54, 1.807) is 0 Å². The van der Waals surface area contributed by atoms with E-state index >= 15 is 0 Å². The zero-order valence-electron chi connectivity index (χ0n) is 11.5. The molecule has 1 aromatic carbocycles. The first kappa shape index (κ1) is 12.6. The molecule has 0 saturated carbocycles. The Kier molecular flexibility index (Phi) is 3.48. The summed E-state index contributed by atoms with van der Waals surface area (Å²) in [5.41, 5.74) is 2.31. The minimum Gasteiger partial charge on any atom is -0.454 e. The Hall–Kier alpha value is -1.46. The molecule has 1 unspecified atom stereocenters. The van der Waals surface area contributed by atoms with Crippen molar-refractivity contribution in [2.45, 2.75) is 13.0 Å². The van der Waals surface area contributed by atoms with Crippen LogP contribution in [-0.4, -0.2) is 51.0 Å². The van der Waals surface area contributed by atoms with Gasteiger partial charge in [-0.1, -0.05) is 0 Å². The molecule has 2 N–H and O–H groups in total. The fraction of sp³-hybridized carbons (Fsp3) is 0.571. The van der Waals surface area contributed by atoms with E-state index in [1.807, 2.05) is 12.1 Å². The van der Waals surface area contributed by atoms with Crippen LogP contribution in [0.15, 0.2) is 12.1 Å². The van der Waals surface area contributed by atoms with Crippen molar-refractivity contribution < 1.29 is 9.47 Å². The van der Waals surface area contributed by atoms with Gasteiger partial charge >= 0.3 is 0 Å². The summed E-state index contributed by atoms with van der Waals surface area (Å²) in [6.07, 6.45) is 0. The molecule has 1 saturated heterocycles. The van der Waals surface area contributed by atoms with Gasteiger partial charge in [-0.25, -0.2) is 0 Å². The summed E-state index contributed by atoms with van der Waals surface area (Å²) in [5, 5.41) is 7.04. The normalized spacial score (nSPS) is 22.5. The van der Waals surface area contributed by atoms with Crippen LogP contribution >= 0.6 is 0 Å². The van der Waals surface area contributed by atoms with Gasteiger partial charge in [0.2, 0.25) is 6.79 Å². The molecule has 0 aromatic heterocycles. The maximum Gasteiger partial charge on any atom is 0.231 e. The van der Waals surface area contributed by atoms with Crippen LogP contribution in [0.4, 0.5) is 5.69 Å². The monoisotopic (exact) mass is 263 g/mol. The van der Waals surface area contributed by atoms with Crippen molar-refractivity contribution in [2.75, 3.05) is 45.3 Å². The fourth-order valence-corrected chi connectivity index (χ4v) is 2.60. The Balaban J connectivity index is 1.63. The summed E-state index contributed by atoms with van der Waals surface area (Å²) >= 11 is 0. The van der Waals surface area contributed by atoms with E-state index in [4.69, 9.17) is 9.47 Å². The number of aryl methyl sites for hydroxylation is 1. The third kappa shape index (κ3) is 2.77. The quantitative estimate of drug-likeness (QED) is 0.853. The number of anilines is 1. The van der Waals surface area contributed by atoms with Crippen LogP contribution in [-0.2, 0) is 0 Å². The lowest BCUT2D eigenvalue weighted by molar-refractivity contribution is 0.174. The summed E-state index contributed by atoms with van der Waals surface area (Å²) in [6.45, 7) is 6.60. The lowest BCUT2D eigenvalue weighted by Crippen LogP contribution is -2.51. The second-order valence-corrected chi connectivity index (χ2v) is 5.31. The van der Waals surface area contributed by atoms with Crippen LogP contribution in [0.1, 0.15) is 5.56 Å². The molecular weight excluding hydrogens is 242 g/mol. The predicted molar refractivity (Wildman–Crippen MR) is 75.1 cm³/mol. The summed E-state index contributed by atoms with van der Waals surface area (Å²) < 4.78 is 10.8. The molecule has 5 heteroatoms. The minimum absolute atomic E-state index is 0.327. The largest absolute Gasteiger partial charge is 0.454 e. The van der Waals surface area contributed by atoms with Gasteiger partial charge in [0, 0.05) is 44.0 Å². The first-order valence-electron chi connectivity index (χ1n) is 6.78. The Morgan fingerprint density at radius 2 is 2.16 bits per heavy atom. The molecule has 5 nitrogen and oxygen atoms in total. The van der Waals surface area contributed by atoms with Crippen molar-refractivity contribution in [2.24, 2.45) is 0 Å². The zero-order chi connectivity index (χ0) is 13.2. The summed E-state index contributed by atoms with van der Waals surface area (Å²) in [6, 6.07) is 4.55. The van der Waals surface area contributed by atoms with Gasteiger partial charge in [0.25, 0.3) is 0 Å². The molecular formula is C14H21N3O2. The van der Waals surface area contributed by atoms with Gasteiger partial charge in [0.05, 0.1) is 0 Å². The van der Waals surface area contributed by atoms with Crippen LogP contribution in [0.2, 0.25) is 0 Å². The molecule has 3 rings (SSSR count). The van der Waals surface area contributed by atoms with Crippen molar-refractivity contribution in [1.82, 2.24) is 10.2 Å². The number of rotatable bonds is 3. The van der Waals surface area contributed by atoms with Crippen molar-refractivity contribution in [3.8, 4) is 11.5 Å². The van der Waals surface area contributed by atoms with Gasteiger partial charge in [-0.15, -0.1) is 0 Å². The SMILES string of the molecule is Cc1cc2c(cc1NCC1CN(C)CCN1)OCO2. The molecule has 0 bridgehead atoms. The van der Waals surface area contributed by atoms with E-state index in [0.717, 1.165) is 43.4 Å². The van der Waals surface area contributed by atoms with Crippen LogP contribution in [0, 0.1) is 6.92 Å². The maximum atomic E-state index is 5.42. The molecule has 104 valence electrons. The van der Waals surface area contributed by atoms with Gasteiger partial charge < -0.3 is 25.0 Å². The average Bonchev–Trinajstić information content (AvgIpc) is 2.83. The number of likely N-dealkylation sites (N-methyl/N-ethyl adjacent to an activating group) is 1. The van der Waals surface area contributed by atoms with Crippen molar-refractivity contribution in [1.29, 1.82) is 0 Å². The van der Waals surface area contributed by atoms with E-state index in [1.165, 1.54) is 5.56 Å². The molecule has 1 atom stereocenters. The van der Waals surface area contributed by atoms with Gasteiger partial charge in [-0.2, -0.15) is 0 Å². The van der Waals surface area contributed by atoms with Crippen molar-refractivity contribution >= 4 is 5.69 Å². The van der Waals surface area contributed by atoms with Crippen LogP contribution in [0.3, 0.4) is 0 Å². The van der Waals surface area contributed by atoms with E-state index in [9.17, 15) is 0 Å². The number of nitrogens with zero attached hydrogens (tertiary/aromatic N) is 1. The first-order valence-corrected chi connectivity index (χ1v) is 6.78. The fourth-order valence-electron chi connectivity index (χ4n) is 2.60. The lowest BCUT2D eigenvalue weighted by atomic mass is 10.1. The number of hydrogen-bond acceptors (Lipinski definition) is 5. The molecule has 0 amide bonds. The highest BCUT2D eigenvalue weighted by molar-refractivity contribution is 5.60. The maximum absolute atomic E-state index is 5.42. The molecule has 2 heterocycles. The van der Waals surface area contributed by atoms with Crippen molar-refractivity contribution in [3.05, 3.63) is 17.7 Å². The van der Waals surface area contributed by atoms with Gasteiger partial charge in [0.1, 0.15) is 0 Å². The van der Waals surface area contributed by atoms with Gasteiger partial charge in [-0.3, -0.25) is 0 Å². The highest BCUT2D eigenvalue weighted by Gasteiger charge is 2.18. The molecule has 0 radical (unpaired) electrons. The van der Waals surface area contributed by atoms with Crippen molar-refractivity contribution in [3.63, 3.8) is 0 Å². The third-order valence-electron chi connectivity index (χ3n) is 3.72. The molecule has 0 aliphatic carbocycles. The van der Waals surface area contributed by atoms with E-state index < -0.39 is 0 Å². The number of piperazine rings is 1. The average molecular weight is 263 g/mol. The predicted octanol–water partition coefficient (Wildman–Crippen LogP) is 1.04. The second-order valence-electron chi connectivity index (χ2n) is 5.31. The Morgan fingerprint density at radius 1 is 1.37 bits per heavy atom. The summed E-state index contributed by atoms with van der Waals surface area (Å²) in [7, 11) is 2.17. The molecule has 19 heavy (non-hydrogen) atoms. The van der Waals surface area contributed by atoms with Gasteiger partial charge in [-0.05, 0) is 25.6 Å². The molecule has 2 aliphatic rings. The first-order chi connectivity index (χ1) is 9.22. The molecule has 0 spiro atoms. The zero-order valence-corrected chi connectivity index (χ0v) is 11.5. The van der Waals surface area contributed by atoms with E-state index in [0.29, 0.717) is 12.8 Å². The molecule has 1 fully saturated rings. The number of fused-ring (bicyclic) bond motifs is 1. The Labute approximate surface area is 113 Å². The number of ether oxygens (including phenoxy) is 2. The third-order valence-corrected chi connectivity index (χ3v) is 3.72. The van der Waals surface area contributed by atoms with E-state index in [2.05, 4.69) is 29.5 Å². The van der Waals surface area contributed by atoms with E-state index in [-0.39, 0.29) is 0 Å². The summed E-state index contributed by atoms with van der Waals surface area (Å²) in [4.78, 5) is 2.36. The highest BCUT2D eigenvalue weighted by atomic mass is 16.7. The van der Waals surface area contributed by atoms with Crippen LogP contribution < -0.4 is 20.1 Å². The number of nitrogens with one attached hydrogen (secondary N) is 2. The van der Waals surface area contributed by atoms with Crippen LogP contribution in [0.25, 0.3) is 0 Å². The second kappa shape index (κ2) is 5.27. The molecule has 1 aromatic rings. The summed E-state index contributed by atoms with van der Waals surface area (Å²) in [5.74, 6) is 1.68. The Bertz CT molecular complexity index is 464. The smallest absolute Gasteiger partial charge is 0.231 e. The highest BCUT2D eigenvalue weighted by Crippen LogP contribution is 2.36. The minimum atomic E-state index is 0.327. The topological polar surface area (TPSA) is 45.8 Å². The lowest BCUT2D eigenvalue weighted by Gasteiger charge is -2.31. The van der Waals surface area contributed by atoms with Crippen LogP contribution in [0.5, 0.6) is 11.5 Å².